The summed E-state index contributed by atoms with van der Waals surface area (Å²) in [5.41, 5.74) is 6.39. The second-order valence-corrected chi connectivity index (χ2v) is 5.03. The van der Waals surface area contributed by atoms with Crippen LogP contribution in [0, 0.1) is 5.92 Å². The minimum Gasteiger partial charge on any atom is -0.449 e. The number of carbonyl (C=O) groups excluding carboxylic acids is 1. The summed E-state index contributed by atoms with van der Waals surface area (Å²) in [4.78, 5) is 13.4. The quantitative estimate of drug-likeness (QED) is 0.932. The molecule has 1 aromatic rings. The molecule has 0 aliphatic carbocycles. The van der Waals surface area contributed by atoms with Gasteiger partial charge in [0.2, 0.25) is 0 Å². The van der Waals surface area contributed by atoms with Gasteiger partial charge >= 0.3 is 6.09 Å². The molecular formula is C12H15BrN2O2. The molecule has 0 radical (unpaired) electrons. The van der Waals surface area contributed by atoms with E-state index in [-0.39, 0.29) is 6.09 Å². The van der Waals surface area contributed by atoms with Crippen molar-refractivity contribution in [2.24, 2.45) is 11.7 Å². The first-order valence-electron chi connectivity index (χ1n) is 5.60. The van der Waals surface area contributed by atoms with Crippen molar-refractivity contribution in [3.8, 4) is 0 Å². The number of cyclic esters (lactones) is 1. The Morgan fingerprint density at radius 3 is 3.06 bits per heavy atom. The summed E-state index contributed by atoms with van der Waals surface area (Å²) in [6.07, 6.45) is 0.592. The van der Waals surface area contributed by atoms with Gasteiger partial charge in [0.25, 0.3) is 0 Å². The van der Waals surface area contributed by atoms with E-state index < -0.39 is 0 Å². The second-order valence-electron chi connectivity index (χ2n) is 4.11. The first kappa shape index (κ1) is 12.4. The highest BCUT2D eigenvalue weighted by atomic mass is 79.9. The Kier molecular flexibility index (Phi) is 4.02. The van der Waals surface area contributed by atoms with Crippen molar-refractivity contribution in [1.82, 2.24) is 0 Å². The van der Waals surface area contributed by atoms with Crippen molar-refractivity contribution in [3.63, 3.8) is 0 Å². The Morgan fingerprint density at radius 1 is 1.53 bits per heavy atom. The standard InChI is InChI=1S/C12H15BrN2O2/c13-10-2-1-3-11(6-10)15-7-9(4-5-14)8-17-12(15)16/h1-3,6,9H,4-5,7-8,14H2. The summed E-state index contributed by atoms with van der Waals surface area (Å²) in [5.74, 6) is 0.316. The number of hydrogen-bond acceptors (Lipinski definition) is 3. The SMILES string of the molecule is NCCC1COC(=O)N(c2cccc(Br)c2)C1. The van der Waals surface area contributed by atoms with Crippen molar-refractivity contribution in [2.75, 3.05) is 24.6 Å². The van der Waals surface area contributed by atoms with Crippen LogP contribution >= 0.6 is 15.9 Å². The Hall–Kier alpha value is -1.07. The molecule has 1 amide bonds. The average Bonchev–Trinajstić information content (AvgIpc) is 2.32. The molecule has 0 saturated carbocycles. The van der Waals surface area contributed by atoms with E-state index in [9.17, 15) is 4.79 Å². The lowest BCUT2D eigenvalue weighted by molar-refractivity contribution is 0.113. The van der Waals surface area contributed by atoms with Crippen molar-refractivity contribution in [3.05, 3.63) is 28.7 Å². The van der Waals surface area contributed by atoms with Crippen molar-refractivity contribution >= 4 is 27.7 Å². The molecule has 4 nitrogen and oxygen atoms in total. The van der Waals surface area contributed by atoms with Crippen LogP contribution in [-0.4, -0.2) is 25.8 Å². The molecule has 2 rings (SSSR count). The van der Waals surface area contributed by atoms with Crippen LogP contribution in [0.5, 0.6) is 0 Å². The summed E-state index contributed by atoms with van der Waals surface area (Å²) < 4.78 is 6.11. The number of anilines is 1. The number of ether oxygens (including phenoxy) is 1. The van der Waals surface area contributed by atoms with Crippen molar-refractivity contribution < 1.29 is 9.53 Å². The van der Waals surface area contributed by atoms with Crippen LogP contribution in [0.2, 0.25) is 0 Å². The van der Waals surface area contributed by atoms with Gasteiger partial charge < -0.3 is 10.5 Å². The summed E-state index contributed by atoms with van der Waals surface area (Å²) in [6, 6.07) is 7.64. The molecule has 2 N–H and O–H groups in total. The Labute approximate surface area is 109 Å². The minimum atomic E-state index is -0.281. The largest absolute Gasteiger partial charge is 0.449 e. The second kappa shape index (κ2) is 5.51. The fraction of sp³-hybridized carbons (Fsp3) is 0.417. The highest BCUT2D eigenvalue weighted by molar-refractivity contribution is 9.10. The highest BCUT2D eigenvalue weighted by Gasteiger charge is 2.27. The fourth-order valence-electron chi connectivity index (χ4n) is 1.92. The number of hydrogen-bond donors (Lipinski definition) is 1. The molecular weight excluding hydrogens is 284 g/mol. The van der Waals surface area contributed by atoms with Gasteiger partial charge in [-0.1, -0.05) is 22.0 Å². The van der Waals surface area contributed by atoms with Crippen LogP contribution < -0.4 is 10.6 Å². The molecule has 1 saturated heterocycles. The normalized spacial score (nSPS) is 20.2. The zero-order valence-electron chi connectivity index (χ0n) is 9.43. The molecule has 1 heterocycles. The molecule has 5 heteroatoms. The molecule has 1 aliphatic heterocycles. The van der Waals surface area contributed by atoms with Gasteiger partial charge in [-0.15, -0.1) is 0 Å². The molecule has 1 aromatic carbocycles. The number of nitrogens with two attached hydrogens (primary N) is 1. The van der Waals surface area contributed by atoms with E-state index in [2.05, 4.69) is 15.9 Å². The summed E-state index contributed by atoms with van der Waals surface area (Å²) >= 11 is 3.40. The van der Waals surface area contributed by atoms with E-state index in [1.165, 1.54) is 0 Å². The van der Waals surface area contributed by atoms with Crippen LogP contribution in [0.1, 0.15) is 6.42 Å². The van der Waals surface area contributed by atoms with Crippen LogP contribution in [-0.2, 0) is 4.74 Å². The Balaban J connectivity index is 2.15. The highest BCUT2D eigenvalue weighted by Crippen LogP contribution is 2.24. The van der Waals surface area contributed by atoms with Gasteiger partial charge in [0.1, 0.15) is 0 Å². The van der Waals surface area contributed by atoms with Gasteiger partial charge in [-0.25, -0.2) is 4.79 Å². The molecule has 0 bridgehead atoms. The predicted molar refractivity (Wildman–Crippen MR) is 70.0 cm³/mol. The first-order valence-corrected chi connectivity index (χ1v) is 6.40. The van der Waals surface area contributed by atoms with E-state index in [0.29, 0.717) is 25.6 Å². The summed E-state index contributed by atoms with van der Waals surface area (Å²) in [5, 5.41) is 0. The smallest absolute Gasteiger partial charge is 0.414 e. The van der Waals surface area contributed by atoms with Gasteiger partial charge in [0.15, 0.2) is 0 Å². The van der Waals surface area contributed by atoms with Crippen LogP contribution in [0.3, 0.4) is 0 Å². The zero-order chi connectivity index (χ0) is 12.3. The summed E-state index contributed by atoms with van der Waals surface area (Å²) in [7, 11) is 0. The maximum absolute atomic E-state index is 11.7. The predicted octanol–water partition coefficient (Wildman–Crippen LogP) is 2.37. The third kappa shape index (κ3) is 2.98. The number of carbonyl (C=O) groups is 1. The number of rotatable bonds is 3. The van der Waals surface area contributed by atoms with E-state index >= 15 is 0 Å². The van der Waals surface area contributed by atoms with E-state index in [0.717, 1.165) is 16.6 Å². The average molecular weight is 299 g/mol. The van der Waals surface area contributed by atoms with Gasteiger partial charge in [0.05, 0.1) is 6.61 Å². The number of amides is 1. The molecule has 17 heavy (non-hydrogen) atoms. The molecule has 0 aromatic heterocycles. The van der Waals surface area contributed by atoms with Crippen LogP contribution in [0.4, 0.5) is 10.5 Å². The number of halogens is 1. The lowest BCUT2D eigenvalue weighted by atomic mass is 10.0. The fourth-order valence-corrected chi connectivity index (χ4v) is 2.30. The van der Waals surface area contributed by atoms with Gasteiger partial charge in [-0.3, -0.25) is 4.90 Å². The van der Waals surface area contributed by atoms with E-state index in [1.54, 1.807) is 4.90 Å². The van der Waals surface area contributed by atoms with Gasteiger partial charge in [-0.2, -0.15) is 0 Å². The molecule has 0 spiro atoms. The Morgan fingerprint density at radius 2 is 2.35 bits per heavy atom. The van der Waals surface area contributed by atoms with Crippen LogP contribution in [0.15, 0.2) is 28.7 Å². The van der Waals surface area contributed by atoms with Gasteiger partial charge in [-0.05, 0) is 31.2 Å². The monoisotopic (exact) mass is 298 g/mol. The van der Waals surface area contributed by atoms with Gasteiger partial charge in [0, 0.05) is 22.6 Å². The third-order valence-corrected chi connectivity index (χ3v) is 3.29. The minimum absolute atomic E-state index is 0.281. The van der Waals surface area contributed by atoms with Crippen molar-refractivity contribution in [1.29, 1.82) is 0 Å². The molecule has 92 valence electrons. The maximum Gasteiger partial charge on any atom is 0.414 e. The lowest BCUT2D eigenvalue weighted by Gasteiger charge is -2.32. The summed E-state index contributed by atoms with van der Waals surface area (Å²) in [6.45, 7) is 1.77. The molecule has 1 unspecified atom stereocenters. The maximum atomic E-state index is 11.7. The lowest BCUT2D eigenvalue weighted by Crippen LogP contribution is -2.43. The first-order chi connectivity index (χ1) is 8.20. The van der Waals surface area contributed by atoms with E-state index in [1.807, 2.05) is 24.3 Å². The number of benzene rings is 1. The zero-order valence-corrected chi connectivity index (χ0v) is 11.0. The van der Waals surface area contributed by atoms with Crippen LogP contribution in [0.25, 0.3) is 0 Å². The Bertz CT molecular complexity index is 411. The van der Waals surface area contributed by atoms with E-state index in [4.69, 9.17) is 10.5 Å². The van der Waals surface area contributed by atoms with Crippen molar-refractivity contribution in [2.45, 2.75) is 6.42 Å². The number of nitrogens with zero attached hydrogens (tertiary/aromatic N) is 1. The molecule has 1 aliphatic rings. The topological polar surface area (TPSA) is 55.6 Å². The molecule has 1 fully saturated rings. The molecule has 1 atom stereocenters. The third-order valence-electron chi connectivity index (χ3n) is 2.80.